The first-order valence-corrected chi connectivity index (χ1v) is 7.53. The van der Waals surface area contributed by atoms with Crippen molar-refractivity contribution in [1.29, 1.82) is 0 Å². The zero-order chi connectivity index (χ0) is 15.5. The number of nitrogens with zero attached hydrogens (tertiary/aromatic N) is 3. The molecule has 1 fully saturated rings. The van der Waals surface area contributed by atoms with Crippen molar-refractivity contribution in [2.24, 2.45) is 5.92 Å². The number of anilines is 2. The molecule has 1 N–H and O–H groups in total. The summed E-state index contributed by atoms with van der Waals surface area (Å²) in [5, 5.41) is 2.98. The predicted octanol–water partition coefficient (Wildman–Crippen LogP) is 2.42. The minimum absolute atomic E-state index is 0.191. The van der Waals surface area contributed by atoms with Gasteiger partial charge in [0.1, 0.15) is 0 Å². The highest BCUT2D eigenvalue weighted by molar-refractivity contribution is 5.95. The van der Waals surface area contributed by atoms with Crippen LogP contribution >= 0.6 is 0 Å². The Morgan fingerprint density at radius 3 is 2.77 bits per heavy atom. The highest BCUT2D eigenvalue weighted by Gasteiger charge is 2.30. The maximum absolute atomic E-state index is 12.2. The Kier molecular flexibility index (Phi) is 4.04. The van der Waals surface area contributed by atoms with E-state index in [2.05, 4.69) is 15.3 Å². The van der Waals surface area contributed by atoms with Gasteiger partial charge in [-0.15, -0.1) is 0 Å². The molecule has 5 heteroatoms. The molecule has 0 aliphatic carbocycles. The van der Waals surface area contributed by atoms with Gasteiger partial charge in [-0.2, -0.15) is 0 Å². The van der Waals surface area contributed by atoms with Crippen molar-refractivity contribution in [3.63, 3.8) is 0 Å². The van der Waals surface area contributed by atoms with Crippen LogP contribution in [0.5, 0.6) is 0 Å². The fourth-order valence-corrected chi connectivity index (χ4v) is 2.92. The van der Waals surface area contributed by atoms with Gasteiger partial charge in [0.2, 0.25) is 11.9 Å². The summed E-state index contributed by atoms with van der Waals surface area (Å²) in [6.45, 7) is 2.71. The fourth-order valence-electron chi connectivity index (χ4n) is 2.92. The standard InChI is InChI=1S/C17H20N4O/c1-12-8-14(20-17(18-2)19-12)9-13-10-16(22)21(11-13)15-6-4-3-5-7-15/h3-8,13H,9-11H2,1-2H3,(H,18,19,20)/t13-/m1/s1. The molecule has 1 atom stereocenters. The van der Waals surface area contributed by atoms with E-state index in [1.54, 1.807) is 0 Å². The van der Waals surface area contributed by atoms with E-state index in [9.17, 15) is 4.79 Å². The summed E-state index contributed by atoms with van der Waals surface area (Å²) >= 11 is 0. The Morgan fingerprint density at radius 2 is 2.05 bits per heavy atom. The van der Waals surface area contributed by atoms with Crippen molar-refractivity contribution in [1.82, 2.24) is 9.97 Å². The molecule has 1 amide bonds. The molecule has 2 heterocycles. The second-order valence-electron chi connectivity index (χ2n) is 5.69. The van der Waals surface area contributed by atoms with Gasteiger partial charge < -0.3 is 10.2 Å². The minimum Gasteiger partial charge on any atom is -0.357 e. The van der Waals surface area contributed by atoms with Crippen molar-refractivity contribution in [3.05, 3.63) is 47.8 Å². The summed E-state index contributed by atoms with van der Waals surface area (Å²) < 4.78 is 0. The average molecular weight is 296 g/mol. The first-order chi connectivity index (χ1) is 10.7. The Labute approximate surface area is 130 Å². The number of aromatic nitrogens is 2. The number of aryl methyl sites for hydroxylation is 1. The van der Waals surface area contributed by atoms with Crippen LogP contribution < -0.4 is 10.2 Å². The van der Waals surface area contributed by atoms with E-state index in [1.165, 1.54) is 0 Å². The number of benzene rings is 1. The molecule has 22 heavy (non-hydrogen) atoms. The lowest BCUT2D eigenvalue weighted by atomic mass is 10.0. The van der Waals surface area contributed by atoms with E-state index in [1.807, 2.05) is 55.3 Å². The highest BCUT2D eigenvalue weighted by atomic mass is 16.2. The first kappa shape index (κ1) is 14.5. The van der Waals surface area contributed by atoms with E-state index in [0.717, 1.165) is 30.0 Å². The van der Waals surface area contributed by atoms with Crippen LogP contribution in [0.3, 0.4) is 0 Å². The lowest BCUT2D eigenvalue weighted by Crippen LogP contribution is -2.24. The molecular formula is C17H20N4O. The molecule has 1 aliphatic rings. The van der Waals surface area contributed by atoms with Crippen LogP contribution in [-0.4, -0.2) is 29.5 Å². The highest BCUT2D eigenvalue weighted by Crippen LogP contribution is 2.27. The maximum atomic E-state index is 12.2. The van der Waals surface area contributed by atoms with Crippen LogP contribution in [0.2, 0.25) is 0 Å². The second-order valence-corrected chi connectivity index (χ2v) is 5.69. The van der Waals surface area contributed by atoms with Crippen LogP contribution in [0.4, 0.5) is 11.6 Å². The van der Waals surface area contributed by atoms with E-state index >= 15 is 0 Å². The van der Waals surface area contributed by atoms with Crippen LogP contribution in [0, 0.1) is 12.8 Å². The van der Waals surface area contributed by atoms with E-state index in [-0.39, 0.29) is 5.91 Å². The second kappa shape index (κ2) is 6.13. The molecule has 0 bridgehead atoms. The Morgan fingerprint density at radius 1 is 1.27 bits per heavy atom. The summed E-state index contributed by atoms with van der Waals surface area (Å²) in [5.74, 6) is 1.13. The Bertz CT molecular complexity index is 672. The Hall–Kier alpha value is -2.43. The van der Waals surface area contributed by atoms with E-state index < -0.39 is 0 Å². The van der Waals surface area contributed by atoms with Gasteiger partial charge in [0.25, 0.3) is 0 Å². The maximum Gasteiger partial charge on any atom is 0.227 e. The van der Waals surface area contributed by atoms with Gasteiger partial charge in [0.05, 0.1) is 0 Å². The van der Waals surface area contributed by atoms with E-state index in [0.29, 0.717) is 18.3 Å². The third kappa shape index (κ3) is 3.08. The molecule has 1 saturated heterocycles. The SMILES string of the molecule is CNc1nc(C)cc(C[C@@H]2CC(=O)N(c3ccccc3)C2)n1. The van der Waals surface area contributed by atoms with Gasteiger partial charge in [0.15, 0.2) is 0 Å². The van der Waals surface area contributed by atoms with Crippen molar-refractivity contribution in [2.75, 3.05) is 23.8 Å². The number of carbonyl (C=O) groups excluding carboxylic acids is 1. The van der Waals surface area contributed by atoms with Gasteiger partial charge >= 0.3 is 0 Å². The van der Waals surface area contributed by atoms with Crippen LogP contribution in [0.25, 0.3) is 0 Å². The van der Waals surface area contributed by atoms with Crippen LogP contribution in [0.15, 0.2) is 36.4 Å². The van der Waals surface area contributed by atoms with Crippen LogP contribution in [-0.2, 0) is 11.2 Å². The molecule has 0 spiro atoms. The summed E-state index contributed by atoms with van der Waals surface area (Å²) in [6, 6.07) is 11.8. The summed E-state index contributed by atoms with van der Waals surface area (Å²) in [6.07, 6.45) is 1.37. The lowest BCUT2D eigenvalue weighted by molar-refractivity contribution is -0.117. The third-order valence-electron chi connectivity index (χ3n) is 3.90. The smallest absolute Gasteiger partial charge is 0.227 e. The van der Waals surface area contributed by atoms with Crippen LogP contribution in [0.1, 0.15) is 17.8 Å². The average Bonchev–Trinajstić information content (AvgIpc) is 2.88. The monoisotopic (exact) mass is 296 g/mol. The molecule has 1 aromatic carbocycles. The fraction of sp³-hybridized carbons (Fsp3) is 0.353. The van der Waals surface area contributed by atoms with E-state index in [4.69, 9.17) is 0 Å². The normalized spacial score (nSPS) is 17.8. The van der Waals surface area contributed by atoms with Gasteiger partial charge in [-0.25, -0.2) is 9.97 Å². The molecule has 0 radical (unpaired) electrons. The number of hydrogen-bond donors (Lipinski definition) is 1. The van der Waals surface area contributed by atoms with Gasteiger partial charge in [-0.05, 0) is 37.5 Å². The molecular weight excluding hydrogens is 276 g/mol. The summed E-state index contributed by atoms with van der Waals surface area (Å²) in [7, 11) is 1.81. The number of para-hydroxylation sites is 1. The largest absolute Gasteiger partial charge is 0.357 e. The minimum atomic E-state index is 0.191. The molecule has 114 valence electrons. The quantitative estimate of drug-likeness (QED) is 0.941. The first-order valence-electron chi connectivity index (χ1n) is 7.53. The zero-order valence-electron chi connectivity index (χ0n) is 12.9. The number of rotatable bonds is 4. The molecule has 1 aromatic heterocycles. The molecule has 3 rings (SSSR count). The number of nitrogens with one attached hydrogen (secondary N) is 1. The third-order valence-corrected chi connectivity index (χ3v) is 3.90. The van der Waals surface area contributed by atoms with Crippen molar-refractivity contribution < 1.29 is 4.79 Å². The van der Waals surface area contributed by atoms with Crippen molar-refractivity contribution in [2.45, 2.75) is 19.8 Å². The topological polar surface area (TPSA) is 58.1 Å². The predicted molar refractivity (Wildman–Crippen MR) is 86.9 cm³/mol. The van der Waals surface area contributed by atoms with Gasteiger partial charge in [0, 0.05) is 37.1 Å². The molecule has 5 nitrogen and oxygen atoms in total. The molecule has 0 unspecified atom stereocenters. The number of hydrogen-bond acceptors (Lipinski definition) is 4. The molecule has 1 aliphatic heterocycles. The number of carbonyl (C=O) groups is 1. The number of amides is 1. The molecule has 0 saturated carbocycles. The van der Waals surface area contributed by atoms with Crippen molar-refractivity contribution in [3.8, 4) is 0 Å². The zero-order valence-corrected chi connectivity index (χ0v) is 12.9. The summed E-state index contributed by atoms with van der Waals surface area (Å²) in [5.41, 5.74) is 2.91. The Balaban J connectivity index is 1.73. The van der Waals surface area contributed by atoms with Crippen molar-refractivity contribution >= 4 is 17.5 Å². The van der Waals surface area contributed by atoms with Gasteiger partial charge in [-0.3, -0.25) is 4.79 Å². The lowest BCUT2D eigenvalue weighted by Gasteiger charge is -2.16. The van der Waals surface area contributed by atoms with Gasteiger partial charge in [-0.1, -0.05) is 18.2 Å². The molecule has 2 aromatic rings. The summed E-state index contributed by atoms with van der Waals surface area (Å²) in [4.78, 5) is 22.9.